The fourth-order valence-electron chi connectivity index (χ4n) is 3.08. The Hall–Kier alpha value is -2.84. The predicted molar refractivity (Wildman–Crippen MR) is 96.6 cm³/mol. The second-order valence-electron chi connectivity index (χ2n) is 7.12. The van der Waals surface area contributed by atoms with Crippen LogP contribution in [-0.2, 0) is 13.0 Å². The molecule has 0 fully saturated rings. The van der Waals surface area contributed by atoms with Crippen LogP contribution < -0.4 is 10.6 Å². The van der Waals surface area contributed by atoms with Gasteiger partial charge >= 0.3 is 0 Å². The number of aromatic nitrogens is 2. The molecule has 0 saturated heterocycles. The molecular formula is C19H21F3N4O2. The molecule has 0 unspecified atom stereocenters. The van der Waals surface area contributed by atoms with Crippen molar-refractivity contribution in [2.24, 2.45) is 5.92 Å². The van der Waals surface area contributed by atoms with Gasteiger partial charge in [0.15, 0.2) is 23.3 Å². The highest BCUT2D eigenvalue weighted by Gasteiger charge is 2.28. The maximum absolute atomic E-state index is 13.9. The summed E-state index contributed by atoms with van der Waals surface area (Å²) in [4.78, 5) is 29.3. The van der Waals surface area contributed by atoms with E-state index in [1.165, 1.54) is 0 Å². The summed E-state index contributed by atoms with van der Waals surface area (Å²) < 4.78 is 42.0. The predicted octanol–water partition coefficient (Wildman–Crippen LogP) is 3.27. The lowest BCUT2D eigenvalue weighted by Crippen LogP contribution is -2.29. The van der Waals surface area contributed by atoms with Gasteiger partial charge in [-0.1, -0.05) is 13.8 Å². The molecule has 0 radical (unpaired) electrons. The van der Waals surface area contributed by atoms with Gasteiger partial charge in [0.05, 0.1) is 11.4 Å². The number of hydrogen-bond acceptors (Lipinski definition) is 3. The topological polar surface area (TPSA) is 76.0 Å². The van der Waals surface area contributed by atoms with Gasteiger partial charge in [-0.25, -0.2) is 18.2 Å². The lowest BCUT2D eigenvalue weighted by Gasteiger charge is -2.17. The molecule has 2 heterocycles. The second-order valence-corrected chi connectivity index (χ2v) is 7.12. The first-order valence-corrected chi connectivity index (χ1v) is 9.12. The number of nitrogens with one attached hydrogen (secondary N) is 2. The third-order valence-electron chi connectivity index (χ3n) is 4.49. The van der Waals surface area contributed by atoms with Crippen LogP contribution in [-0.4, -0.2) is 27.9 Å². The van der Waals surface area contributed by atoms with Gasteiger partial charge in [-0.05, 0) is 37.3 Å². The number of benzene rings is 1. The number of halogens is 3. The molecule has 150 valence electrons. The molecule has 1 aromatic carbocycles. The Morgan fingerprint density at radius 1 is 1.14 bits per heavy atom. The third kappa shape index (κ3) is 3.88. The summed E-state index contributed by atoms with van der Waals surface area (Å²) in [5, 5.41) is 4.99. The summed E-state index contributed by atoms with van der Waals surface area (Å²) in [5.41, 5.74) is 0.308. The van der Waals surface area contributed by atoms with Crippen LogP contribution in [0.2, 0.25) is 0 Å². The van der Waals surface area contributed by atoms with Gasteiger partial charge < -0.3 is 15.2 Å². The molecule has 0 aliphatic carbocycles. The van der Waals surface area contributed by atoms with E-state index in [9.17, 15) is 22.8 Å². The molecule has 0 atom stereocenters. The van der Waals surface area contributed by atoms with Gasteiger partial charge in [-0.15, -0.1) is 0 Å². The monoisotopic (exact) mass is 394 g/mol. The lowest BCUT2D eigenvalue weighted by molar-refractivity contribution is 0.0943. The average Bonchev–Trinajstić information content (AvgIpc) is 3.06. The van der Waals surface area contributed by atoms with E-state index in [1.54, 1.807) is 4.57 Å². The zero-order valence-corrected chi connectivity index (χ0v) is 15.6. The van der Waals surface area contributed by atoms with Crippen molar-refractivity contribution >= 4 is 17.5 Å². The maximum atomic E-state index is 13.9. The van der Waals surface area contributed by atoms with Crippen LogP contribution in [0.3, 0.4) is 0 Å². The van der Waals surface area contributed by atoms with E-state index >= 15 is 0 Å². The van der Waals surface area contributed by atoms with Crippen LogP contribution >= 0.6 is 0 Å². The first kappa shape index (κ1) is 19.9. The Labute approximate surface area is 160 Å². The fraction of sp³-hybridized carbons (Fsp3) is 0.421. The summed E-state index contributed by atoms with van der Waals surface area (Å²) in [6, 6.07) is 1.65. The number of anilines is 1. The molecule has 0 bridgehead atoms. The van der Waals surface area contributed by atoms with Crippen molar-refractivity contribution in [2.75, 3.05) is 11.9 Å². The van der Waals surface area contributed by atoms with Crippen molar-refractivity contribution in [1.82, 2.24) is 14.9 Å². The number of imidazole rings is 1. The Bertz CT molecular complexity index is 924. The van der Waals surface area contributed by atoms with E-state index < -0.39 is 29.0 Å². The third-order valence-corrected chi connectivity index (χ3v) is 4.49. The average molecular weight is 394 g/mol. The van der Waals surface area contributed by atoms with Crippen molar-refractivity contribution in [3.8, 4) is 0 Å². The highest BCUT2D eigenvalue weighted by Crippen LogP contribution is 2.24. The molecule has 9 heteroatoms. The lowest BCUT2D eigenvalue weighted by atomic mass is 10.1. The first-order chi connectivity index (χ1) is 13.3. The van der Waals surface area contributed by atoms with Crippen LogP contribution in [0, 0.1) is 23.4 Å². The molecule has 2 aromatic rings. The number of carbonyl (C=O) groups excluding carboxylic acids is 2. The summed E-state index contributed by atoms with van der Waals surface area (Å²) in [7, 11) is 0. The van der Waals surface area contributed by atoms with E-state index in [-0.39, 0.29) is 23.3 Å². The highest BCUT2D eigenvalue weighted by atomic mass is 19.2. The minimum absolute atomic E-state index is 0.0615. The van der Waals surface area contributed by atoms with Gasteiger partial charge in [-0.3, -0.25) is 9.59 Å². The zero-order chi connectivity index (χ0) is 20.4. The Morgan fingerprint density at radius 3 is 2.61 bits per heavy atom. The van der Waals surface area contributed by atoms with Crippen LogP contribution in [0.25, 0.3) is 0 Å². The molecule has 28 heavy (non-hydrogen) atoms. The molecule has 0 saturated carbocycles. The molecule has 1 aliphatic heterocycles. The molecule has 0 spiro atoms. The van der Waals surface area contributed by atoms with E-state index in [0.717, 1.165) is 25.0 Å². The Kier molecular flexibility index (Phi) is 5.71. The van der Waals surface area contributed by atoms with Crippen molar-refractivity contribution in [2.45, 2.75) is 39.7 Å². The fourth-order valence-corrected chi connectivity index (χ4v) is 3.08. The van der Waals surface area contributed by atoms with Gasteiger partial charge in [0.2, 0.25) is 0 Å². The van der Waals surface area contributed by atoms with Gasteiger partial charge in [0.25, 0.3) is 11.8 Å². The van der Waals surface area contributed by atoms with Crippen LogP contribution in [0.1, 0.15) is 53.5 Å². The number of hydrogen-bond donors (Lipinski definition) is 2. The molecule has 2 amide bonds. The SMILES string of the molecule is CC(C)CNC(=O)c1nc(C(=O)Nc2ccc(F)c(F)c2F)n2c1CCCC2. The largest absolute Gasteiger partial charge is 0.350 e. The van der Waals surface area contributed by atoms with E-state index in [0.29, 0.717) is 25.2 Å². The molecule has 2 N–H and O–H groups in total. The minimum atomic E-state index is -1.67. The summed E-state index contributed by atoms with van der Waals surface area (Å²) in [5.74, 6) is -5.49. The zero-order valence-electron chi connectivity index (χ0n) is 15.6. The minimum Gasteiger partial charge on any atom is -0.350 e. The molecule has 3 rings (SSSR count). The standard InChI is InChI=1S/C19H21F3N4O2/c1-10(2)9-23-18(27)16-13-5-3-4-8-26(13)17(25-16)19(28)24-12-7-6-11(20)14(21)15(12)22/h6-7,10H,3-5,8-9H2,1-2H3,(H,23,27)(H,24,28). The Balaban J connectivity index is 1.90. The maximum Gasteiger partial charge on any atom is 0.291 e. The summed E-state index contributed by atoms with van der Waals surface area (Å²) in [6.45, 7) is 4.87. The van der Waals surface area contributed by atoms with Crippen LogP contribution in [0.4, 0.5) is 18.9 Å². The van der Waals surface area contributed by atoms with E-state index in [2.05, 4.69) is 15.6 Å². The normalized spacial score (nSPS) is 13.4. The van der Waals surface area contributed by atoms with Gasteiger partial charge in [0.1, 0.15) is 5.69 Å². The Morgan fingerprint density at radius 2 is 1.89 bits per heavy atom. The van der Waals surface area contributed by atoms with Crippen molar-refractivity contribution < 1.29 is 22.8 Å². The first-order valence-electron chi connectivity index (χ1n) is 9.12. The van der Waals surface area contributed by atoms with Crippen molar-refractivity contribution in [3.05, 3.63) is 46.8 Å². The van der Waals surface area contributed by atoms with Crippen LogP contribution in [0.5, 0.6) is 0 Å². The number of rotatable bonds is 5. The second kappa shape index (κ2) is 8.04. The van der Waals surface area contributed by atoms with Crippen LogP contribution in [0.15, 0.2) is 12.1 Å². The number of amides is 2. The molecule has 6 nitrogen and oxygen atoms in total. The number of carbonyl (C=O) groups is 2. The molecular weight excluding hydrogens is 373 g/mol. The number of fused-ring (bicyclic) bond motifs is 1. The van der Waals surface area contributed by atoms with E-state index in [1.807, 2.05) is 13.8 Å². The van der Waals surface area contributed by atoms with E-state index in [4.69, 9.17) is 0 Å². The number of nitrogens with zero attached hydrogens (tertiary/aromatic N) is 2. The van der Waals surface area contributed by atoms with Crippen molar-refractivity contribution in [1.29, 1.82) is 0 Å². The molecule has 1 aromatic heterocycles. The van der Waals surface area contributed by atoms with Crippen molar-refractivity contribution in [3.63, 3.8) is 0 Å². The summed E-state index contributed by atoms with van der Waals surface area (Å²) >= 11 is 0. The highest BCUT2D eigenvalue weighted by molar-refractivity contribution is 6.03. The van der Waals surface area contributed by atoms with Gasteiger partial charge in [-0.2, -0.15) is 0 Å². The smallest absolute Gasteiger partial charge is 0.291 e. The summed E-state index contributed by atoms with van der Waals surface area (Å²) in [6.07, 6.45) is 2.25. The molecule has 1 aliphatic rings. The quantitative estimate of drug-likeness (QED) is 0.765. The van der Waals surface area contributed by atoms with Gasteiger partial charge in [0, 0.05) is 13.1 Å².